The second-order valence-electron chi connectivity index (χ2n) is 8.22. The summed E-state index contributed by atoms with van der Waals surface area (Å²) in [5.74, 6) is 1.31. The van der Waals surface area contributed by atoms with Crippen LogP contribution >= 0.6 is 11.6 Å². The molecular formula is C25H29ClN4O. The first-order valence-corrected chi connectivity index (χ1v) is 11.3. The SMILES string of the molecule is COCCc1ncc(CN2CCC[C@H](c3ccc(Cc4ccc(Cl)cc4)cn3)C2)cn1. The van der Waals surface area contributed by atoms with Gasteiger partial charge in [-0.15, -0.1) is 0 Å². The lowest BCUT2D eigenvalue weighted by molar-refractivity contribution is 0.197. The van der Waals surface area contributed by atoms with E-state index in [2.05, 4.69) is 39.1 Å². The Balaban J connectivity index is 1.33. The van der Waals surface area contributed by atoms with E-state index in [1.807, 2.05) is 30.7 Å². The molecule has 0 radical (unpaired) electrons. The molecule has 1 aliphatic heterocycles. The third kappa shape index (κ3) is 6.33. The van der Waals surface area contributed by atoms with Gasteiger partial charge in [-0.25, -0.2) is 9.97 Å². The first kappa shape index (κ1) is 21.9. The fraction of sp³-hybridized carbons (Fsp3) is 0.400. The molecule has 3 heterocycles. The highest BCUT2D eigenvalue weighted by Gasteiger charge is 2.22. The molecule has 0 bridgehead atoms. The maximum atomic E-state index is 5.98. The van der Waals surface area contributed by atoms with Crippen molar-refractivity contribution in [2.24, 2.45) is 0 Å². The predicted octanol–water partition coefficient (Wildman–Crippen LogP) is 4.68. The topological polar surface area (TPSA) is 51.1 Å². The molecule has 0 spiro atoms. The van der Waals surface area contributed by atoms with Crippen molar-refractivity contribution in [1.82, 2.24) is 19.9 Å². The van der Waals surface area contributed by atoms with Gasteiger partial charge in [0.25, 0.3) is 0 Å². The average Bonchev–Trinajstić information content (AvgIpc) is 2.81. The Morgan fingerprint density at radius 2 is 1.71 bits per heavy atom. The zero-order valence-corrected chi connectivity index (χ0v) is 18.8. The normalized spacial score (nSPS) is 17.0. The van der Waals surface area contributed by atoms with E-state index >= 15 is 0 Å². The standard InChI is InChI=1S/C25H29ClN4O/c1-31-12-10-25-28-15-21(16-29-25)17-30-11-2-3-22(18-30)24-9-6-20(14-27-24)13-19-4-7-23(26)8-5-19/h4-9,14-16,22H,2-3,10-13,17-18H2,1H3/t22-/m0/s1. The lowest BCUT2D eigenvalue weighted by Crippen LogP contribution is -2.34. The van der Waals surface area contributed by atoms with Crippen molar-refractivity contribution in [2.75, 3.05) is 26.8 Å². The van der Waals surface area contributed by atoms with E-state index < -0.39 is 0 Å². The maximum absolute atomic E-state index is 5.98. The Bertz CT molecular complexity index is 945. The highest BCUT2D eigenvalue weighted by atomic mass is 35.5. The van der Waals surface area contributed by atoms with E-state index in [9.17, 15) is 0 Å². The number of methoxy groups -OCH3 is 1. The summed E-state index contributed by atoms with van der Waals surface area (Å²) >= 11 is 5.98. The van der Waals surface area contributed by atoms with Gasteiger partial charge in [-0.1, -0.05) is 29.8 Å². The molecule has 6 heteroatoms. The summed E-state index contributed by atoms with van der Waals surface area (Å²) < 4.78 is 5.09. The van der Waals surface area contributed by atoms with Crippen LogP contribution in [0.2, 0.25) is 5.02 Å². The van der Waals surface area contributed by atoms with Crippen LogP contribution in [0.5, 0.6) is 0 Å². The van der Waals surface area contributed by atoms with Crippen molar-refractivity contribution in [1.29, 1.82) is 0 Å². The van der Waals surface area contributed by atoms with E-state index in [1.165, 1.54) is 29.7 Å². The number of hydrogen-bond donors (Lipinski definition) is 0. The summed E-state index contributed by atoms with van der Waals surface area (Å²) in [6.07, 6.45) is 9.92. The van der Waals surface area contributed by atoms with Crippen LogP contribution < -0.4 is 0 Å². The number of piperidine rings is 1. The maximum Gasteiger partial charge on any atom is 0.130 e. The van der Waals surface area contributed by atoms with Gasteiger partial charge in [0.05, 0.1) is 6.61 Å². The highest BCUT2D eigenvalue weighted by molar-refractivity contribution is 6.30. The van der Waals surface area contributed by atoms with Crippen molar-refractivity contribution in [3.63, 3.8) is 0 Å². The van der Waals surface area contributed by atoms with Gasteiger partial charge in [-0.2, -0.15) is 0 Å². The molecule has 1 fully saturated rings. The Labute approximate surface area is 189 Å². The lowest BCUT2D eigenvalue weighted by Gasteiger charge is -2.32. The van der Waals surface area contributed by atoms with Crippen LogP contribution in [0, 0.1) is 0 Å². The van der Waals surface area contributed by atoms with E-state index in [0.29, 0.717) is 12.5 Å². The van der Waals surface area contributed by atoms with Crippen LogP contribution in [0.4, 0.5) is 0 Å². The summed E-state index contributed by atoms with van der Waals surface area (Å²) in [7, 11) is 1.70. The summed E-state index contributed by atoms with van der Waals surface area (Å²) in [6.45, 7) is 3.67. The molecular weight excluding hydrogens is 408 g/mol. The minimum absolute atomic E-state index is 0.472. The van der Waals surface area contributed by atoms with Gasteiger partial charge in [-0.05, 0) is 55.1 Å². The lowest BCUT2D eigenvalue weighted by atomic mass is 9.93. The molecule has 4 rings (SSSR count). The Morgan fingerprint density at radius 1 is 0.968 bits per heavy atom. The molecule has 1 aromatic carbocycles. The number of likely N-dealkylation sites (tertiary alicyclic amines) is 1. The molecule has 3 aromatic rings. The second kappa shape index (κ2) is 10.8. The van der Waals surface area contributed by atoms with Crippen molar-refractivity contribution in [3.05, 3.63) is 88.2 Å². The van der Waals surface area contributed by atoms with Crippen molar-refractivity contribution in [3.8, 4) is 0 Å². The van der Waals surface area contributed by atoms with Crippen molar-refractivity contribution < 1.29 is 4.74 Å². The van der Waals surface area contributed by atoms with Gasteiger partial charge in [-0.3, -0.25) is 9.88 Å². The van der Waals surface area contributed by atoms with Crippen LogP contribution in [-0.4, -0.2) is 46.7 Å². The monoisotopic (exact) mass is 436 g/mol. The smallest absolute Gasteiger partial charge is 0.130 e. The van der Waals surface area contributed by atoms with Crippen LogP contribution in [0.3, 0.4) is 0 Å². The predicted molar refractivity (Wildman–Crippen MR) is 123 cm³/mol. The molecule has 1 aliphatic rings. The summed E-state index contributed by atoms with van der Waals surface area (Å²) in [6, 6.07) is 12.4. The van der Waals surface area contributed by atoms with Crippen LogP contribution in [0.1, 0.15) is 47.0 Å². The molecule has 0 unspecified atom stereocenters. The summed E-state index contributed by atoms with van der Waals surface area (Å²) in [5, 5.41) is 0.771. The molecule has 1 atom stereocenters. The largest absolute Gasteiger partial charge is 0.384 e. The third-order valence-corrected chi connectivity index (χ3v) is 6.04. The van der Waals surface area contributed by atoms with Crippen LogP contribution in [0.15, 0.2) is 55.0 Å². The highest BCUT2D eigenvalue weighted by Crippen LogP contribution is 2.27. The fourth-order valence-corrected chi connectivity index (χ4v) is 4.23. The fourth-order valence-electron chi connectivity index (χ4n) is 4.10. The zero-order valence-electron chi connectivity index (χ0n) is 18.0. The van der Waals surface area contributed by atoms with Crippen molar-refractivity contribution in [2.45, 2.75) is 38.1 Å². The molecule has 1 saturated heterocycles. The van der Waals surface area contributed by atoms with Gasteiger partial charge in [0, 0.05) is 67.4 Å². The number of pyridine rings is 1. The Kier molecular flexibility index (Phi) is 7.62. The molecule has 0 saturated carbocycles. The minimum Gasteiger partial charge on any atom is -0.384 e. The van der Waals surface area contributed by atoms with Gasteiger partial charge in [0.15, 0.2) is 0 Å². The van der Waals surface area contributed by atoms with Gasteiger partial charge in [0.2, 0.25) is 0 Å². The Morgan fingerprint density at radius 3 is 2.42 bits per heavy atom. The number of nitrogens with zero attached hydrogens (tertiary/aromatic N) is 4. The molecule has 5 nitrogen and oxygen atoms in total. The molecule has 162 valence electrons. The summed E-state index contributed by atoms with van der Waals surface area (Å²) in [5.41, 5.74) is 4.83. The van der Waals surface area contributed by atoms with Gasteiger partial charge >= 0.3 is 0 Å². The van der Waals surface area contributed by atoms with Crippen molar-refractivity contribution >= 4 is 11.6 Å². The van der Waals surface area contributed by atoms with E-state index in [1.54, 1.807) is 7.11 Å². The third-order valence-electron chi connectivity index (χ3n) is 5.79. The zero-order chi connectivity index (χ0) is 21.5. The molecule has 2 aromatic heterocycles. The van der Waals surface area contributed by atoms with E-state index in [0.717, 1.165) is 48.9 Å². The van der Waals surface area contributed by atoms with Gasteiger partial charge in [0.1, 0.15) is 5.82 Å². The molecule has 0 aliphatic carbocycles. The number of rotatable bonds is 8. The van der Waals surface area contributed by atoms with Crippen LogP contribution in [-0.2, 0) is 24.1 Å². The first-order chi connectivity index (χ1) is 15.2. The van der Waals surface area contributed by atoms with E-state index in [-0.39, 0.29) is 0 Å². The second-order valence-corrected chi connectivity index (χ2v) is 8.66. The number of aromatic nitrogens is 3. The number of ether oxygens (including phenoxy) is 1. The van der Waals surface area contributed by atoms with Crippen LogP contribution in [0.25, 0.3) is 0 Å². The quantitative estimate of drug-likeness (QED) is 0.513. The number of benzene rings is 1. The molecule has 31 heavy (non-hydrogen) atoms. The first-order valence-electron chi connectivity index (χ1n) is 10.9. The van der Waals surface area contributed by atoms with Gasteiger partial charge < -0.3 is 4.74 Å². The molecule has 0 N–H and O–H groups in total. The van der Waals surface area contributed by atoms with E-state index in [4.69, 9.17) is 21.3 Å². The minimum atomic E-state index is 0.472. The number of halogens is 1. The molecule has 0 amide bonds. The average molecular weight is 437 g/mol. The Hall–Kier alpha value is -2.34. The summed E-state index contributed by atoms with van der Waals surface area (Å²) in [4.78, 5) is 16.2. The number of hydrogen-bond acceptors (Lipinski definition) is 5.